The molecule has 0 amide bonds. The van der Waals surface area contributed by atoms with Crippen LogP contribution in [0.15, 0.2) is 23.0 Å². The molecule has 4 nitrogen and oxygen atoms in total. The lowest BCUT2D eigenvalue weighted by atomic mass is 10.2. The minimum atomic E-state index is 0.764. The fourth-order valence-corrected chi connectivity index (χ4v) is 1.20. The molecule has 0 atom stereocenters. The maximum absolute atomic E-state index is 5.01. The minimum Gasteiger partial charge on any atom is -0.356 e. The molecule has 0 bridgehead atoms. The molecule has 0 aromatic carbocycles. The Morgan fingerprint density at radius 1 is 1.50 bits per heavy atom. The highest BCUT2D eigenvalue weighted by Gasteiger charge is 2.08. The van der Waals surface area contributed by atoms with Crippen LogP contribution in [-0.2, 0) is 7.05 Å². The van der Waals surface area contributed by atoms with Crippen molar-refractivity contribution in [1.82, 2.24) is 14.9 Å². The Morgan fingerprint density at radius 2 is 2.33 bits per heavy atom. The van der Waals surface area contributed by atoms with Crippen molar-refractivity contribution < 1.29 is 4.52 Å². The van der Waals surface area contributed by atoms with Crippen LogP contribution < -0.4 is 0 Å². The third-order valence-corrected chi connectivity index (χ3v) is 1.72. The van der Waals surface area contributed by atoms with Crippen LogP contribution in [0.5, 0.6) is 0 Å². The van der Waals surface area contributed by atoms with Gasteiger partial charge in [0.25, 0.3) is 0 Å². The van der Waals surface area contributed by atoms with E-state index in [0.717, 1.165) is 17.0 Å². The first kappa shape index (κ1) is 7.09. The largest absolute Gasteiger partial charge is 0.356 e. The number of rotatable bonds is 1. The van der Waals surface area contributed by atoms with E-state index in [4.69, 9.17) is 4.52 Å². The molecule has 0 aliphatic carbocycles. The van der Waals surface area contributed by atoms with E-state index in [-0.39, 0.29) is 0 Å². The Balaban J connectivity index is 2.54. The summed E-state index contributed by atoms with van der Waals surface area (Å²) in [5, 5.41) is 7.83. The van der Waals surface area contributed by atoms with Gasteiger partial charge in [0.05, 0.1) is 17.5 Å². The highest BCUT2D eigenvalue weighted by molar-refractivity contribution is 5.58. The smallest absolute Gasteiger partial charge is 0.170 e. The lowest BCUT2D eigenvalue weighted by Gasteiger charge is -1.87. The molecule has 0 aliphatic heterocycles. The van der Waals surface area contributed by atoms with Gasteiger partial charge < -0.3 is 4.52 Å². The molecule has 0 N–H and O–H groups in total. The first-order chi connectivity index (χ1) is 5.77. The molecule has 0 unspecified atom stereocenters. The second kappa shape index (κ2) is 2.48. The summed E-state index contributed by atoms with van der Waals surface area (Å²) in [6.45, 7) is 1.94. The second-order valence-corrected chi connectivity index (χ2v) is 2.68. The summed E-state index contributed by atoms with van der Waals surface area (Å²) >= 11 is 0. The van der Waals surface area contributed by atoms with Crippen LogP contribution in [0.25, 0.3) is 11.3 Å². The summed E-state index contributed by atoms with van der Waals surface area (Å²) < 4.78 is 6.77. The summed E-state index contributed by atoms with van der Waals surface area (Å²) in [6.07, 6.45) is 3.54. The van der Waals surface area contributed by atoms with Crippen LogP contribution in [0.2, 0.25) is 0 Å². The summed E-state index contributed by atoms with van der Waals surface area (Å²) in [5.41, 5.74) is 1.95. The third kappa shape index (κ3) is 1.01. The number of aromatic nitrogens is 3. The second-order valence-electron chi connectivity index (χ2n) is 2.68. The van der Waals surface area contributed by atoms with E-state index in [0.29, 0.717) is 0 Å². The summed E-state index contributed by atoms with van der Waals surface area (Å²) in [4.78, 5) is 0. The predicted octanol–water partition coefficient (Wildman–Crippen LogP) is 1.38. The van der Waals surface area contributed by atoms with Gasteiger partial charge in [-0.05, 0) is 6.92 Å². The zero-order valence-corrected chi connectivity index (χ0v) is 6.98. The van der Waals surface area contributed by atoms with Gasteiger partial charge in [-0.1, -0.05) is 5.16 Å². The fraction of sp³-hybridized carbons (Fsp3) is 0.250. The van der Waals surface area contributed by atoms with E-state index >= 15 is 0 Å². The first-order valence-electron chi connectivity index (χ1n) is 3.68. The van der Waals surface area contributed by atoms with Crippen molar-refractivity contribution in [2.75, 3.05) is 0 Å². The molecule has 12 heavy (non-hydrogen) atoms. The van der Waals surface area contributed by atoms with Crippen molar-refractivity contribution in [2.24, 2.45) is 7.05 Å². The Labute approximate surface area is 69.8 Å². The molecule has 0 radical (unpaired) electrons. The molecular weight excluding hydrogens is 154 g/mol. The maximum atomic E-state index is 5.01. The first-order valence-corrected chi connectivity index (χ1v) is 3.68. The number of aryl methyl sites for hydroxylation is 2. The average molecular weight is 163 g/mol. The van der Waals surface area contributed by atoms with Crippen molar-refractivity contribution in [3.8, 4) is 11.3 Å². The number of hydrogen-bond donors (Lipinski definition) is 0. The topological polar surface area (TPSA) is 43.9 Å². The zero-order valence-electron chi connectivity index (χ0n) is 6.98. The van der Waals surface area contributed by atoms with E-state index in [1.54, 1.807) is 10.9 Å². The highest BCUT2D eigenvalue weighted by Crippen LogP contribution is 2.20. The van der Waals surface area contributed by atoms with Crippen molar-refractivity contribution in [3.63, 3.8) is 0 Å². The molecule has 0 saturated heterocycles. The summed E-state index contributed by atoms with van der Waals surface area (Å²) in [5.74, 6) is 0.764. The molecule has 2 aromatic rings. The molecule has 0 fully saturated rings. The van der Waals surface area contributed by atoms with E-state index in [1.807, 2.05) is 26.2 Å². The van der Waals surface area contributed by atoms with E-state index < -0.39 is 0 Å². The lowest BCUT2D eigenvalue weighted by Crippen LogP contribution is -1.86. The van der Waals surface area contributed by atoms with Gasteiger partial charge >= 0.3 is 0 Å². The van der Waals surface area contributed by atoms with Crippen molar-refractivity contribution in [1.29, 1.82) is 0 Å². The summed E-state index contributed by atoms with van der Waals surface area (Å²) in [6, 6.07) is 1.82. The molecule has 0 saturated carbocycles. The van der Waals surface area contributed by atoms with Crippen molar-refractivity contribution >= 4 is 0 Å². The number of nitrogens with zero attached hydrogens (tertiary/aromatic N) is 3. The molecule has 0 aliphatic rings. The van der Waals surface area contributed by atoms with E-state index in [1.165, 1.54) is 0 Å². The van der Waals surface area contributed by atoms with Gasteiger partial charge in [-0.15, -0.1) is 0 Å². The van der Waals surface area contributed by atoms with Crippen LogP contribution >= 0.6 is 0 Å². The molecule has 2 aromatic heterocycles. The fourth-order valence-electron chi connectivity index (χ4n) is 1.20. The number of hydrogen-bond acceptors (Lipinski definition) is 3. The van der Waals surface area contributed by atoms with Gasteiger partial charge in [-0.3, -0.25) is 4.68 Å². The Morgan fingerprint density at radius 3 is 2.83 bits per heavy atom. The molecule has 62 valence electrons. The van der Waals surface area contributed by atoms with Crippen LogP contribution in [0, 0.1) is 6.92 Å². The van der Waals surface area contributed by atoms with Crippen LogP contribution in [0.4, 0.5) is 0 Å². The monoisotopic (exact) mass is 163 g/mol. The molecule has 2 rings (SSSR count). The highest BCUT2D eigenvalue weighted by atomic mass is 16.5. The molecule has 4 heteroatoms. The molecular formula is C8H9N3O. The van der Waals surface area contributed by atoms with Gasteiger partial charge in [-0.2, -0.15) is 5.10 Å². The lowest BCUT2D eigenvalue weighted by molar-refractivity contribution is 0.432. The normalized spacial score (nSPS) is 10.5. The van der Waals surface area contributed by atoms with Crippen LogP contribution in [0.3, 0.4) is 0 Å². The van der Waals surface area contributed by atoms with E-state index in [9.17, 15) is 0 Å². The van der Waals surface area contributed by atoms with Gasteiger partial charge in [0, 0.05) is 19.3 Å². The summed E-state index contributed by atoms with van der Waals surface area (Å²) in [7, 11) is 1.88. The van der Waals surface area contributed by atoms with Gasteiger partial charge in [0.2, 0.25) is 0 Å². The van der Waals surface area contributed by atoms with Gasteiger partial charge in [-0.25, -0.2) is 0 Å². The van der Waals surface area contributed by atoms with Gasteiger partial charge in [0.1, 0.15) is 0 Å². The third-order valence-electron chi connectivity index (χ3n) is 1.72. The molecule has 2 heterocycles. The van der Waals surface area contributed by atoms with Crippen LogP contribution in [0.1, 0.15) is 5.69 Å². The van der Waals surface area contributed by atoms with Crippen molar-refractivity contribution in [3.05, 3.63) is 24.2 Å². The Bertz CT molecular complexity index is 375. The van der Waals surface area contributed by atoms with E-state index in [2.05, 4.69) is 10.3 Å². The predicted molar refractivity (Wildman–Crippen MR) is 43.4 cm³/mol. The minimum absolute atomic E-state index is 0.764. The Kier molecular flexibility index (Phi) is 1.46. The Hall–Kier alpha value is -1.58. The van der Waals surface area contributed by atoms with Gasteiger partial charge in [0.15, 0.2) is 5.76 Å². The molecule has 0 spiro atoms. The van der Waals surface area contributed by atoms with Crippen LogP contribution in [-0.4, -0.2) is 14.9 Å². The SMILES string of the molecule is Cc1nn(C)cc1-c1ccno1. The zero-order chi connectivity index (χ0) is 8.55. The average Bonchev–Trinajstić information content (AvgIpc) is 2.58. The maximum Gasteiger partial charge on any atom is 0.170 e. The van der Waals surface area contributed by atoms with Crippen molar-refractivity contribution in [2.45, 2.75) is 6.92 Å². The quantitative estimate of drug-likeness (QED) is 0.638. The standard InChI is InChI=1S/C8H9N3O/c1-6-7(5-11(2)10-6)8-3-4-9-12-8/h3-5H,1-2H3.